The van der Waals surface area contributed by atoms with E-state index in [2.05, 4.69) is 9.97 Å². The van der Waals surface area contributed by atoms with Crippen molar-refractivity contribution in [1.82, 2.24) is 14.9 Å². The first-order valence-corrected chi connectivity index (χ1v) is 8.59. The number of hydrogen-bond donors (Lipinski definition) is 2. The van der Waals surface area contributed by atoms with Crippen molar-refractivity contribution >= 4 is 28.1 Å². The summed E-state index contributed by atoms with van der Waals surface area (Å²) in [6.07, 6.45) is 1.19. The Bertz CT molecular complexity index is 821. The number of aliphatic hydroxyl groups is 1. The zero-order valence-electron chi connectivity index (χ0n) is 12.5. The Balaban J connectivity index is 1.59. The van der Waals surface area contributed by atoms with Crippen LogP contribution in [0.25, 0.3) is 21.6 Å². The lowest BCUT2D eigenvalue weighted by Gasteiger charge is -2.29. The van der Waals surface area contributed by atoms with Gasteiger partial charge in [0.1, 0.15) is 10.7 Å². The van der Waals surface area contributed by atoms with Gasteiger partial charge in [-0.25, -0.2) is 4.98 Å². The standard InChI is InChI=1S/C17H17N3O2S/c21-12-5-3-7-20(9-12)17(22)15-10-23-16(19-15)14-8-11-4-1-2-6-13(11)18-14/h1-2,4,6,8,10,12,18,21H,3,5,7,9H2/t12-/m1/s1. The number of H-pyrrole nitrogens is 1. The van der Waals surface area contributed by atoms with Crippen molar-refractivity contribution in [2.45, 2.75) is 18.9 Å². The number of amides is 1. The molecule has 23 heavy (non-hydrogen) atoms. The molecule has 0 spiro atoms. The van der Waals surface area contributed by atoms with Crippen LogP contribution in [0.2, 0.25) is 0 Å². The molecule has 1 atom stereocenters. The van der Waals surface area contributed by atoms with Crippen LogP contribution in [0.4, 0.5) is 0 Å². The third kappa shape index (κ3) is 2.75. The lowest BCUT2D eigenvalue weighted by atomic mass is 10.1. The highest BCUT2D eigenvalue weighted by Crippen LogP contribution is 2.27. The van der Waals surface area contributed by atoms with Crippen LogP contribution < -0.4 is 0 Å². The van der Waals surface area contributed by atoms with Gasteiger partial charge >= 0.3 is 0 Å². The molecule has 6 heteroatoms. The Kier molecular flexibility index (Phi) is 3.63. The smallest absolute Gasteiger partial charge is 0.273 e. The molecule has 0 saturated carbocycles. The molecule has 5 nitrogen and oxygen atoms in total. The van der Waals surface area contributed by atoms with E-state index < -0.39 is 6.10 Å². The topological polar surface area (TPSA) is 69.2 Å². The summed E-state index contributed by atoms with van der Waals surface area (Å²) in [6.45, 7) is 1.09. The number of aromatic amines is 1. The predicted molar refractivity (Wildman–Crippen MR) is 90.6 cm³/mol. The first-order chi connectivity index (χ1) is 11.2. The van der Waals surface area contributed by atoms with Crippen molar-refractivity contribution in [2.24, 2.45) is 0 Å². The second-order valence-corrected chi connectivity index (χ2v) is 6.71. The fraction of sp³-hybridized carbons (Fsp3) is 0.294. The molecule has 118 valence electrons. The summed E-state index contributed by atoms with van der Waals surface area (Å²) in [5.74, 6) is -0.0950. The molecule has 0 aliphatic carbocycles. The molecule has 1 saturated heterocycles. The van der Waals surface area contributed by atoms with Crippen LogP contribution in [0.1, 0.15) is 23.3 Å². The average Bonchev–Trinajstić information content (AvgIpc) is 3.20. The average molecular weight is 327 g/mol. The van der Waals surface area contributed by atoms with E-state index >= 15 is 0 Å². The van der Waals surface area contributed by atoms with Gasteiger partial charge in [0.25, 0.3) is 5.91 Å². The lowest BCUT2D eigenvalue weighted by molar-refractivity contribution is 0.0469. The van der Waals surface area contributed by atoms with Gasteiger partial charge in [0.2, 0.25) is 0 Å². The molecule has 1 aromatic carbocycles. The number of rotatable bonds is 2. The number of para-hydroxylation sites is 1. The van der Waals surface area contributed by atoms with Crippen LogP contribution in [-0.2, 0) is 0 Å². The molecular formula is C17H17N3O2S. The number of aromatic nitrogens is 2. The van der Waals surface area contributed by atoms with Gasteiger partial charge in [0.15, 0.2) is 0 Å². The minimum Gasteiger partial charge on any atom is -0.391 e. The van der Waals surface area contributed by atoms with E-state index in [0.717, 1.165) is 34.4 Å². The monoisotopic (exact) mass is 327 g/mol. The summed E-state index contributed by atoms with van der Waals surface area (Å²) in [6, 6.07) is 10.1. The van der Waals surface area contributed by atoms with Crippen LogP contribution in [0.5, 0.6) is 0 Å². The highest BCUT2D eigenvalue weighted by atomic mass is 32.1. The van der Waals surface area contributed by atoms with Gasteiger partial charge < -0.3 is 15.0 Å². The van der Waals surface area contributed by atoms with Crippen LogP contribution in [-0.4, -0.2) is 45.1 Å². The van der Waals surface area contributed by atoms with Crippen LogP contribution in [0.3, 0.4) is 0 Å². The van der Waals surface area contributed by atoms with Gasteiger partial charge in [-0.3, -0.25) is 4.79 Å². The summed E-state index contributed by atoms with van der Waals surface area (Å²) in [5.41, 5.74) is 2.44. The Morgan fingerprint density at radius 2 is 2.26 bits per heavy atom. The number of fused-ring (bicyclic) bond motifs is 1. The Morgan fingerprint density at radius 1 is 1.39 bits per heavy atom. The van der Waals surface area contributed by atoms with E-state index in [-0.39, 0.29) is 5.91 Å². The second kappa shape index (κ2) is 5.79. The van der Waals surface area contributed by atoms with Crippen molar-refractivity contribution < 1.29 is 9.90 Å². The normalized spacial score (nSPS) is 18.5. The van der Waals surface area contributed by atoms with Gasteiger partial charge in [-0.1, -0.05) is 18.2 Å². The fourth-order valence-electron chi connectivity index (χ4n) is 2.99. The summed E-state index contributed by atoms with van der Waals surface area (Å²) >= 11 is 1.46. The number of β-amino-alcohol motifs (C(OH)–C–C–N with tert-alkyl or cyclic N) is 1. The third-order valence-corrected chi connectivity index (χ3v) is 5.04. The van der Waals surface area contributed by atoms with Gasteiger partial charge in [0, 0.05) is 29.4 Å². The predicted octanol–water partition coefficient (Wildman–Crippen LogP) is 2.89. The highest BCUT2D eigenvalue weighted by molar-refractivity contribution is 7.13. The number of benzene rings is 1. The maximum absolute atomic E-state index is 12.5. The quantitative estimate of drug-likeness (QED) is 0.760. The number of piperidine rings is 1. The molecule has 3 heterocycles. The van der Waals surface area contributed by atoms with Crippen molar-refractivity contribution in [3.05, 3.63) is 41.4 Å². The number of hydrogen-bond acceptors (Lipinski definition) is 4. The Morgan fingerprint density at radius 3 is 3.09 bits per heavy atom. The largest absolute Gasteiger partial charge is 0.391 e. The third-order valence-electron chi connectivity index (χ3n) is 4.17. The minimum absolute atomic E-state index is 0.0950. The van der Waals surface area contributed by atoms with Gasteiger partial charge in [-0.05, 0) is 25.0 Å². The second-order valence-electron chi connectivity index (χ2n) is 5.86. The van der Waals surface area contributed by atoms with Crippen LogP contribution in [0, 0.1) is 0 Å². The SMILES string of the molecule is O=C(c1csc(-c2cc3ccccc3[nH]2)n1)N1CCC[C@@H](O)C1. The molecule has 0 radical (unpaired) electrons. The number of nitrogens with one attached hydrogen (secondary N) is 1. The number of carbonyl (C=O) groups excluding carboxylic acids is 1. The molecule has 1 fully saturated rings. The first kappa shape index (κ1) is 14.4. The minimum atomic E-state index is -0.417. The highest BCUT2D eigenvalue weighted by Gasteiger charge is 2.25. The van der Waals surface area contributed by atoms with Crippen LogP contribution in [0.15, 0.2) is 35.7 Å². The Labute approximate surface area is 137 Å². The van der Waals surface area contributed by atoms with Gasteiger partial charge in [-0.2, -0.15) is 0 Å². The van der Waals surface area contributed by atoms with Crippen molar-refractivity contribution in [1.29, 1.82) is 0 Å². The number of nitrogens with zero attached hydrogens (tertiary/aromatic N) is 2. The van der Waals surface area contributed by atoms with E-state index in [4.69, 9.17) is 0 Å². The maximum Gasteiger partial charge on any atom is 0.273 e. The molecular weight excluding hydrogens is 310 g/mol. The zero-order chi connectivity index (χ0) is 15.8. The van der Waals surface area contributed by atoms with Crippen molar-refractivity contribution in [3.8, 4) is 10.7 Å². The van der Waals surface area contributed by atoms with Crippen LogP contribution >= 0.6 is 11.3 Å². The number of aliphatic hydroxyl groups excluding tert-OH is 1. The molecule has 1 aliphatic rings. The zero-order valence-corrected chi connectivity index (χ0v) is 13.3. The molecule has 4 rings (SSSR count). The van der Waals surface area contributed by atoms with E-state index in [0.29, 0.717) is 18.8 Å². The number of thiazole rings is 1. The molecule has 0 bridgehead atoms. The van der Waals surface area contributed by atoms with E-state index in [1.807, 2.05) is 30.3 Å². The summed E-state index contributed by atoms with van der Waals surface area (Å²) in [4.78, 5) is 22.0. The van der Waals surface area contributed by atoms with E-state index in [1.54, 1.807) is 10.3 Å². The molecule has 2 N–H and O–H groups in total. The van der Waals surface area contributed by atoms with Gasteiger partial charge in [-0.15, -0.1) is 11.3 Å². The van der Waals surface area contributed by atoms with Crippen molar-refractivity contribution in [2.75, 3.05) is 13.1 Å². The fourth-order valence-corrected chi connectivity index (χ4v) is 3.75. The molecule has 1 amide bonds. The summed E-state index contributed by atoms with van der Waals surface area (Å²) < 4.78 is 0. The number of likely N-dealkylation sites (tertiary alicyclic amines) is 1. The van der Waals surface area contributed by atoms with Crippen molar-refractivity contribution in [3.63, 3.8) is 0 Å². The van der Waals surface area contributed by atoms with Gasteiger partial charge in [0.05, 0.1) is 11.8 Å². The Hall–Kier alpha value is -2.18. The molecule has 0 unspecified atom stereocenters. The molecule has 3 aromatic rings. The summed E-state index contributed by atoms with van der Waals surface area (Å²) in [7, 11) is 0. The van der Waals surface area contributed by atoms with E-state index in [9.17, 15) is 9.90 Å². The number of carbonyl (C=O) groups is 1. The first-order valence-electron chi connectivity index (χ1n) is 7.72. The molecule has 2 aromatic heterocycles. The van der Waals surface area contributed by atoms with E-state index in [1.165, 1.54) is 11.3 Å². The maximum atomic E-state index is 12.5. The lowest BCUT2D eigenvalue weighted by Crippen LogP contribution is -2.42. The summed E-state index contributed by atoms with van der Waals surface area (Å²) in [5, 5.41) is 13.5. The molecule has 1 aliphatic heterocycles.